The molecule has 0 heterocycles. The molecule has 0 saturated carbocycles. The minimum atomic E-state index is -3.37. The predicted molar refractivity (Wildman–Crippen MR) is 88.6 cm³/mol. The molecule has 0 unspecified atom stereocenters. The molecule has 0 bridgehead atoms. The smallest absolute Gasteiger partial charge is 0.212 e. The van der Waals surface area contributed by atoms with Crippen LogP contribution in [0.15, 0.2) is 48.5 Å². The molecular weight excluding hydrogens is 341 g/mol. The molecule has 2 aromatic rings. The maximum absolute atomic E-state index is 12.7. The Morgan fingerprint density at radius 3 is 2.35 bits per heavy atom. The zero-order chi connectivity index (χ0) is 16.7. The molecule has 0 aromatic heterocycles. The molecule has 0 aliphatic heterocycles. The zero-order valence-electron chi connectivity index (χ0n) is 12.3. The molecule has 0 fully saturated rings. The maximum Gasteiger partial charge on any atom is 0.212 e. The molecule has 0 spiro atoms. The van der Waals surface area contributed by atoms with E-state index in [4.69, 9.17) is 16.3 Å². The summed E-state index contributed by atoms with van der Waals surface area (Å²) in [6, 6.07) is 12.5. The van der Waals surface area contributed by atoms with Gasteiger partial charge in [0, 0.05) is 11.6 Å². The molecule has 0 aliphatic rings. The van der Waals surface area contributed by atoms with Crippen LogP contribution in [0.2, 0.25) is 5.02 Å². The zero-order valence-corrected chi connectivity index (χ0v) is 13.9. The standard InChI is InChI=1S/C16H17ClFNO3S/c17-14-4-2-13(3-5-14)12-19-23(20,21)11-1-10-22-16-8-6-15(18)7-9-16/h2-9,19H,1,10-12H2. The quantitative estimate of drug-likeness (QED) is 0.737. The van der Waals surface area contributed by atoms with E-state index in [2.05, 4.69) is 4.72 Å². The molecule has 0 radical (unpaired) electrons. The number of hydrogen-bond acceptors (Lipinski definition) is 3. The summed E-state index contributed by atoms with van der Waals surface area (Å²) in [5.41, 5.74) is 0.834. The van der Waals surface area contributed by atoms with Gasteiger partial charge < -0.3 is 4.74 Å². The van der Waals surface area contributed by atoms with Gasteiger partial charge in [-0.25, -0.2) is 17.5 Å². The molecule has 0 aliphatic carbocycles. The number of sulfonamides is 1. The van der Waals surface area contributed by atoms with Crippen molar-refractivity contribution in [3.8, 4) is 5.75 Å². The van der Waals surface area contributed by atoms with Crippen molar-refractivity contribution in [1.29, 1.82) is 0 Å². The maximum atomic E-state index is 12.7. The van der Waals surface area contributed by atoms with E-state index in [0.717, 1.165) is 5.56 Å². The van der Waals surface area contributed by atoms with Crippen molar-refractivity contribution in [2.45, 2.75) is 13.0 Å². The van der Waals surface area contributed by atoms with Crippen LogP contribution in [-0.4, -0.2) is 20.8 Å². The van der Waals surface area contributed by atoms with Crippen LogP contribution < -0.4 is 9.46 Å². The average Bonchev–Trinajstić information content (AvgIpc) is 2.53. The third kappa shape index (κ3) is 6.56. The van der Waals surface area contributed by atoms with Gasteiger partial charge in [-0.05, 0) is 48.4 Å². The van der Waals surface area contributed by atoms with Crippen molar-refractivity contribution < 1.29 is 17.5 Å². The SMILES string of the molecule is O=S(=O)(CCCOc1ccc(F)cc1)NCc1ccc(Cl)cc1. The summed E-state index contributed by atoms with van der Waals surface area (Å²) in [6.07, 6.45) is 0.341. The Morgan fingerprint density at radius 1 is 1.04 bits per heavy atom. The van der Waals surface area contributed by atoms with Gasteiger partial charge in [0.2, 0.25) is 10.0 Å². The summed E-state index contributed by atoms with van der Waals surface area (Å²) in [6.45, 7) is 0.464. The highest BCUT2D eigenvalue weighted by Crippen LogP contribution is 2.12. The van der Waals surface area contributed by atoms with Gasteiger partial charge in [0.15, 0.2) is 0 Å². The van der Waals surface area contributed by atoms with Crippen molar-refractivity contribution in [3.63, 3.8) is 0 Å². The fraction of sp³-hybridized carbons (Fsp3) is 0.250. The van der Waals surface area contributed by atoms with Crippen LogP contribution in [-0.2, 0) is 16.6 Å². The average molecular weight is 358 g/mol. The van der Waals surface area contributed by atoms with E-state index in [1.54, 1.807) is 24.3 Å². The Morgan fingerprint density at radius 2 is 1.70 bits per heavy atom. The summed E-state index contributed by atoms with van der Waals surface area (Å²) < 4.78 is 44.4. The van der Waals surface area contributed by atoms with Crippen LogP contribution in [0.4, 0.5) is 4.39 Å². The minimum absolute atomic E-state index is 0.0399. The van der Waals surface area contributed by atoms with E-state index in [-0.39, 0.29) is 24.7 Å². The molecule has 124 valence electrons. The molecule has 0 saturated heterocycles. The largest absolute Gasteiger partial charge is 0.494 e. The third-order valence-corrected chi connectivity index (χ3v) is 4.71. The Balaban J connectivity index is 1.71. The van der Waals surface area contributed by atoms with Crippen LogP contribution >= 0.6 is 11.6 Å². The van der Waals surface area contributed by atoms with E-state index >= 15 is 0 Å². The summed E-state index contributed by atoms with van der Waals surface area (Å²) in [4.78, 5) is 0. The van der Waals surface area contributed by atoms with Gasteiger partial charge in [-0.3, -0.25) is 0 Å². The lowest BCUT2D eigenvalue weighted by Crippen LogP contribution is -2.26. The molecule has 7 heteroatoms. The van der Waals surface area contributed by atoms with Gasteiger partial charge >= 0.3 is 0 Å². The second-order valence-electron chi connectivity index (χ2n) is 4.92. The van der Waals surface area contributed by atoms with Crippen molar-refractivity contribution >= 4 is 21.6 Å². The molecule has 0 amide bonds. The van der Waals surface area contributed by atoms with E-state index in [9.17, 15) is 12.8 Å². The molecule has 2 rings (SSSR count). The second-order valence-corrected chi connectivity index (χ2v) is 7.29. The highest BCUT2D eigenvalue weighted by Gasteiger charge is 2.09. The van der Waals surface area contributed by atoms with Crippen LogP contribution in [0, 0.1) is 5.82 Å². The van der Waals surface area contributed by atoms with Crippen molar-refractivity contribution in [3.05, 3.63) is 64.9 Å². The number of nitrogens with one attached hydrogen (secondary N) is 1. The summed E-state index contributed by atoms with van der Waals surface area (Å²) in [7, 11) is -3.37. The normalized spacial score (nSPS) is 11.4. The van der Waals surface area contributed by atoms with E-state index in [0.29, 0.717) is 17.2 Å². The van der Waals surface area contributed by atoms with Crippen LogP contribution in [0.5, 0.6) is 5.75 Å². The fourth-order valence-electron chi connectivity index (χ4n) is 1.84. The summed E-state index contributed by atoms with van der Waals surface area (Å²) >= 11 is 5.77. The van der Waals surface area contributed by atoms with E-state index < -0.39 is 10.0 Å². The van der Waals surface area contributed by atoms with Crippen LogP contribution in [0.3, 0.4) is 0 Å². The Kier molecular flexibility index (Phi) is 6.38. The number of halogens is 2. The highest BCUT2D eigenvalue weighted by atomic mass is 35.5. The molecular formula is C16H17ClFNO3S. The lowest BCUT2D eigenvalue weighted by Gasteiger charge is -2.08. The lowest BCUT2D eigenvalue weighted by molar-refractivity contribution is 0.317. The molecule has 23 heavy (non-hydrogen) atoms. The Hall–Kier alpha value is -1.63. The van der Waals surface area contributed by atoms with Gasteiger partial charge in [-0.15, -0.1) is 0 Å². The first kappa shape index (κ1) is 17.7. The van der Waals surface area contributed by atoms with Crippen molar-refractivity contribution in [1.82, 2.24) is 4.72 Å². The van der Waals surface area contributed by atoms with Gasteiger partial charge in [0.25, 0.3) is 0 Å². The van der Waals surface area contributed by atoms with E-state index in [1.807, 2.05) is 0 Å². The minimum Gasteiger partial charge on any atom is -0.494 e. The van der Waals surface area contributed by atoms with Gasteiger partial charge in [-0.2, -0.15) is 0 Å². The molecule has 1 N–H and O–H groups in total. The molecule has 4 nitrogen and oxygen atoms in total. The Bertz CT molecular complexity index is 718. The monoisotopic (exact) mass is 357 g/mol. The third-order valence-electron chi connectivity index (χ3n) is 3.05. The van der Waals surface area contributed by atoms with Gasteiger partial charge in [0.1, 0.15) is 11.6 Å². The summed E-state index contributed by atoms with van der Waals surface area (Å²) in [5.74, 6) is 0.131. The summed E-state index contributed by atoms with van der Waals surface area (Å²) in [5, 5.41) is 0.606. The lowest BCUT2D eigenvalue weighted by atomic mass is 10.2. The van der Waals surface area contributed by atoms with Crippen molar-refractivity contribution in [2.75, 3.05) is 12.4 Å². The fourth-order valence-corrected chi connectivity index (χ4v) is 2.99. The van der Waals surface area contributed by atoms with Gasteiger partial charge in [0.05, 0.1) is 12.4 Å². The van der Waals surface area contributed by atoms with Crippen LogP contribution in [0.25, 0.3) is 0 Å². The van der Waals surface area contributed by atoms with E-state index in [1.165, 1.54) is 24.3 Å². The number of hydrogen-bond donors (Lipinski definition) is 1. The number of benzene rings is 2. The molecule has 0 atom stereocenters. The topological polar surface area (TPSA) is 55.4 Å². The number of rotatable bonds is 8. The number of ether oxygens (including phenoxy) is 1. The van der Waals surface area contributed by atoms with Crippen molar-refractivity contribution in [2.24, 2.45) is 0 Å². The van der Waals surface area contributed by atoms with Crippen LogP contribution in [0.1, 0.15) is 12.0 Å². The first-order valence-corrected chi connectivity index (χ1v) is 9.08. The Labute approximate surface area is 140 Å². The first-order chi connectivity index (χ1) is 10.9. The molecule has 2 aromatic carbocycles. The second kappa shape index (κ2) is 8.29. The highest BCUT2D eigenvalue weighted by molar-refractivity contribution is 7.89. The van der Waals surface area contributed by atoms with Gasteiger partial charge in [-0.1, -0.05) is 23.7 Å². The first-order valence-electron chi connectivity index (χ1n) is 7.05. The predicted octanol–water partition coefficient (Wildman–Crippen LogP) is 3.37.